The molecular weight excluding hydrogens is 1870 g/mol. The van der Waals surface area contributed by atoms with Gasteiger partial charge < -0.3 is 61.6 Å². The maximum atomic E-state index is 5.64. The van der Waals surface area contributed by atoms with Crippen molar-refractivity contribution in [1.29, 1.82) is 0 Å². The molecule has 0 unspecified atom stereocenters. The lowest BCUT2D eigenvalue weighted by Gasteiger charge is -2.02. The first-order valence-corrected chi connectivity index (χ1v) is 50.2. The molecule has 0 bridgehead atoms. The van der Waals surface area contributed by atoms with Crippen molar-refractivity contribution in [2.45, 2.75) is 377 Å². The number of hydrogen-bond acceptors (Lipinski definition) is 13. The Morgan fingerprint density at radius 3 is 0.784 bits per heavy atom. The monoisotopic (exact) mass is 2110 g/mol. The summed E-state index contributed by atoms with van der Waals surface area (Å²) in [5.74, 6) is 12.6. The van der Waals surface area contributed by atoms with Gasteiger partial charge in [0.25, 0.3) is 58.2 Å². The Morgan fingerprint density at radius 1 is 0.203 bits per heavy atom. The summed E-state index contributed by atoms with van der Waals surface area (Å²) < 4.78 is 112. The van der Waals surface area contributed by atoms with Gasteiger partial charge in [-0.25, -0.2) is 91.3 Å². The summed E-state index contributed by atoms with van der Waals surface area (Å²) in [6.07, 6.45) is 37.1. The zero-order valence-corrected chi connectivity index (χ0v) is 94.3. The molecular formula is C115H240N20O13+10. The Labute approximate surface area is 908 Å². The van der Waals surface area contributed by atoms with Crippen LogP contribution in [0.2, 0.25) is 0 Å². The molecule has 33 heteroatoms. The van der Waals surface area contributed by atoms with Crippen LogP contribution in [0.1, 0.15) is 290 Å². The van der Waals surface area contributed by atoms with Crippen LogP contribution in [0.3, 0.4) is 0 Å². The van der Waals surface area contributed by atoms with Crippen molar-refractivity contribution >= 4 is 0 Å². The van der Waals surface area contributed by atoms with E-state index in [1.807, 2.05) is 115 Å². The van der Waals surface area contributed by atoms with E-state index < -0.39 is 0 Å². The van der Waals surface area contributed by atoms with Crippen LogP contribution in [0.15, 0.2) is 74.4 Å². The van der Waals surface area contributed by atoms with Crippen molar-refractivity contribution in [3.05, 3.63) is 178 Å². The molecule has 0 N–H and O–H groups in total. The Hall–Kier alpha value is -8.42. The van der Waals surface area contributed by atoms with Crippen LogP contribution in [0, 0.1) is 125 Å². The molecule has 0 fully saturated rings. The van der Waals surface area contributed by atoms with Crippen LogP contribution >= 0.6 is 0 Å². The normalized spacial score (nSPS) is 10.1. The summed E-state index contributed by atoms with van der Waals surface area (Å²) in [5, 5.41) is 0. The predicted molar refractivity (Wildman–Crippen MR) is 609 cm³/mol. The van der Waals surface area contributed by atoms with Crippen molar-refractivity contribution in [3.8, 4) is 0 Å². The van der Waals surface area contributed by atoms with Crippen molar-refractivity contribution in [2.75, 3.05) is 135 Å². The van der Waals surface area contributed by atoms with Gasteiger partial charge in [-0.2, -0.15) is 0 Å². The lowest BCUT2D eigenvalue weighted by Crippen LogP contribution is -2.33. The fourth-order valence-corrected chi connectivity index (χ4v) is 14.4. The number of ether oxygens (including phenoxy) is 13. The smallest absolute Gasteiger partial charge is 0.255 e. The standard InChI is InChI=1S/4C12H23N2O.3C10H19N2O.3C9H17N2O2.10CH4/c1-10-11(2)14(12(3)13(10)4)8-6-7-9-15-5;1-6-15-9-7-8-14-11(3)10(2)13(5)12(14)4;1-6-8-15-9-7-14-11(3)10(2)13(5)12(14)4;1-6-7-8-15-9-14-11(3)10(2)13(5)12(14)4;1-10-11(2)7-8-12(10)6-4-5-9-13-3;1-4-13-9-5-6-12-8-7-11(3)10(12)2;1-4-5-8-13-9-12-7-6-11(3)10(12)2;1-9-10(2)4-5-11(9)8-13-7-6-12-3;1-9-10(2)4-5-11(9)6-7-13-8-12-3;1-4-12-8-13-7-11-6-5-10(3)9(11)2;;;;;;;;;;/h4*6-9H2,1-5H3;2*7-8H,4-6,9H2,1-3H3;6-7H,4-5,8-9H2,1-3H3;2*4-5H,6-8H2,1-3H3;5-6H,4,7-8H2,1-3H3;10*1H4/q10*+1;;;;;;;;;;. The molecule has 0 aliphatic heterocycles. The van der Waals surface area contributed by atoms with Crippen molar-refractivity contribution in [3.63, 3.8) is 0 Å². The second-order valence-corrected chi connectivity index (χ2v) is 34.9. The molecule has 868 valence electrons. The number of hydrogen-bond donors (Lipinski definition) is 0. The highest BCUT2D eigenvalue weighted by atomic mass is 16.7. The van der Waals surface area contributed by atoms with Crippen LogP contribution in [0.4, 0.5) is 0 Å². The van der Waals surface area contributed by atoms with Gasteiger partial charge >= 0.3 is 0 Å². The van der Waals surface area contributed by atoms with Crippen LogP contribution in [0.5, 0.6) is 0 Å². The Bertz CT molecular complexity index is 4030. The molecule has 10 aromatic rings. The minimum atomic E-state index is 0. The van der Waals surface area contributed by atoms with E-state index in [-0.39, 0.29) is 74.3 Å². The number of aromatic nitrogens is 20. The topological polar surface area (TPSA) is 208 Å². The first kappa shape index (κ1) is 160. The Balaban J connectivity index is -0.000000177. The second-order valence-electron chi connectivity index (χ2n) is 34.9. The minimum Gasteiger partial charge on any atom is -0.385 e. The van der Waals surface area contributed by atoms with Gasteiger partial charge in [-0.05, 0) is 65.7 Å². The molecule has 0 amide bonds. The fraction of sp³-hybridized carbons (Fsp3) is 0.739. The lowest BCUT2D eigenvalue weighted by atomic mass is 10.3. The number of nitrogens with zero attached hydrogens (tertiary/aromatic N) is 20. The summed E-state index contributed by atoms with van der Waals surface area (Å²) >= 11 is 0. The maximum Gasteiger partial charge on any atom is 0.255 e. The van der Waals surface area contributed by atoms with Crippen molar-refractivity contribution in [1.82, 2.24) is 45.7 Å². The van der Waals surface area contributed by atoms with Gasteiger partial charge in [0.1, 0.15) is 140 Å². The third-order valence-electron chi connectivity index (χ3n) is 25.8. The third kappa shape index (κ3) is 58.4. The van der Waals surface area contributed by atoms with Crippen molar-refractivity contribution in [2.24, 2.45) is 70.5 Å². The third-order valence-corrected chi connectivity index (χ3v) is 25.8. The van der Waals surface area contributed by atoms with E-state index in [2.05, 4.69) is 288 Å². The quantitative estimate of drug-likeness (QED) is 0.0198. The number of imidazole rings is 10. The Kier molecular flexibility index (Phi) is 101. The van der Waals surface area contributed by atoms with Crippen molar-refractivity contribution < 1.29 is 107 Å². The average molecular weight is 2110 g/mol. The van der Waals surface area contributed by atoms with E-state index in [1.54, 1.807) is 28.4 Å². The average Bonchev–Trinajstić information content (AvgIpc) is 1.68. The van der Waals surface area contributed by atoms with Crippen LogP contribution in [-0.2, 0) is 198 Å². The maximum absolute atomic E-state index is 5.64. The molecule has 0 aromatic carbocycles. The molecule has 0 saturated carbocycles. The Morgan fingerprint density at radius 2 is 0.480 bits per heavy atom. The van der Waals surface area contributed by atoms with E-state index in [0.29, 0.717) is 66.9 Å². The molecule has 10 rings (SSSR count). The highest BCUT2D eigenvalue weighted by molar-refractivity contribution is 5.09. The van der Waals surface area contributed by atoms with E-state index in [4.69, 9.17) is 61.6 Å². The van der Waals surface area contributed by atoms with Crippen LogP contribution < -0.4 is 45.7 Å². The number of methoxy groups -OCH3 is 4. The van der Waals surface area contributed by atoms with Crippen LogP contribution in [-0.4, -0.2) is 180 Å². The molecule has 0 saturated heterocycles. The highest BCUT2D eigenvalue weighted by Gasteiger charge is 2.24. The fourth-order valence-electron chi connectivity index (χ4n) is 14.4. The van der Waals surface area contributed by atoms with Gasteiger partial charge in [0.2, 0.25) is 0 Å². The molecule has 148 heavy (non-hydrogen) atoms. The van der Waals surface area contributed by atoms with Crippen LogP contribution in [0.25, 0.3) is 0 Å². The summed E-state index contributed by atoms with van der Waals surface area (Å²) in [5.41, 5.74) is 10.7. The van der Waals surface area contributed by atoms with E-state index >= 15 is 0 Å². The molecule has 0 radical (unpaired) electrons. The lowest BCUT2D eigenvalue weighted by molar-refractivity contribution is -0.683. The summed E-state index contributed by atoms with van der Waals surface area (Å²) in [4.78, 5) is 0. The predicted octanol–water partition coefficient (Wildman–Crippen LogP) is 17.9. The molecule has 0 atom stereocenters. The zero-order valence-electron chi connectivity index (χ0n) is 94.3. The molecule has 10 aromatic heterocycles. The zero-order chi connectivity index (χ0) is 104. The number of rotatable bonds is 50. The molecule has 0 aliphatic carbocycles. The SMILES string of the molecule is C.C.C.C.C.C.C.C.C.C.CCCCOCn1c(C)c(C)[n+](C)c1C.CCCCOCn1cc[n+](C)c1C.CCCOCCn1c(C)c(C)[n+](C)c1C.CCOCCCn1c(C)c(C)[n+](C)c1C.CCOCCCn1cc[n+](C)c1C.CCOCOCn1cc[n+](C)c1C.COCCCCn1c(C)c(C)[n+](C)c1C.COCCCCn1cc[n+](C)c1C.COCCOCn1cc[n+](C)c1C.COCOCCn1cc[n+](C)c1C. The van der Waals surface area contributed by atoms with Gasteiger partial charge in [0.05, 0.1) is 150 Å². The summed E-state index contributed by atoms with van der Waals surface area (Å²) in [7, 11) is 27.5. The molecule has 0 aliphatic rings. The molecule has 10 heterocycles. The summed E-state index contributed by atoms with van der Waals surface area (Å²) in [6, 6.07) is 0. The molecule has 33 nitrogen and oxygen atoms in total. The first-order valence-electron chi connectivity index (χ1n) is 50.2. The highest BCUT2D eigenvalue weighted by Crippen LogP contribution is 2.13. The number of unbranched alkanes of at least 4 members (excludes halogenated alkanes) is 4. The minimum absolute atomic E-state index is 0. The van der Waals surface area contributed by atoms with Gasteiger partial charge in [-0.15, -0.1) is 0 Å². The second kappa shape index (κ2) is 93.4. The van der Waals surface area contributed by atoms with E-state index in [0.717, 1.165) is 156 Å². The van der Waals surface area contributed by atoms with E-state index in [1.165, 1.54) is 124 Å². The van der Waals surface area contributed by atoms with Gasteiger partial charge in [0, 0.05) is 206 Å². The van der Waals surface area contributed by atoms with Gasteiger partial charge in [0.15, 0.2) is 33.7 Å². The van der Waals surface area contributed by atoms with Gasteiger partial charge in [-0.1, -0.05) is 108 Å². The largest absolute Gasteiger partial charge is 0.385 e. The van der Waals surface area contributed by atoms with E-state index in [9.17, 15) is 0 Å². The number of aryl methyl sites for hydroxylation is 8. The van der Waals surface area contributed by atoms with Gasteiger partial charge in [-0.3, -0.25) is 0 Å². The first-order chi connectivity index (χ1) is 65.9. The summed E-state index contributed by atoms with van der Waals surface area (Å²) in [6.45, 7) is 71.5. The molecule has 0 spiro atoms.